The number of carbonyl (C=O) groups excluding carboxylic acids is 1. The number of carbonyl (C=O) groups is 1. The van der Waals surface area contributed by atoms with Crippen molar-refractivity contribution in [3.63, 3.8) is 0 Å². The van der Waals surface area contributed by atoms with Gasteiger partial charge in [0, 0.05) is 25.2 Å². The van der Waals surface area contributed by atoms with E-state index in [1.807, 2.05) is 30.3 Å². The van der Waals surface area contributed by atoms with Crippen molar-refractivity contribution in [3.8, 4) is 0 Å². The van der Waals surface area contributed by atoms with Gasteiger partial charge in [0.15, 0.2) is 0 Å². The van der Waals surface area contributed by atoms with E-state index in [1.54, 1.807) is 12.1 Å². The lowest BCUT2D eigenvalue weighted by Crippen LogP contribution is -2.40. The first-order valence-electron chi connectivity index (χ1n) is 9.35. The van der Waals surface area contributed by atoms with Crippen molar-refractivity contribution >= 4 is 28.1 Å². The monoisotopic (exact) mass is 396 g/mol. The lowest BCUT2D eigenvalue weighted by Gasteiger charge is -2.31. The molecule has 2 heterocycles. The van der Waals surface area contributed by atoms with Gasteiger partial charge in [0.25, 0.3) is 0 Å². The molecular formula is C21H21FN4OS. The smallest absolute Gasteiger partial charge is 0.229 e. The van der Waals surface area contributed by atoms with Crippen LogP contribution in [0.25, 0.3) is 0 Å². The summed E-state index contributed by atoms with van der Waals surface area (Å²) in [4.78, 5) is 14.8. The second kappa shape index (κ2) is 8.48. The van der Waals surface area contributed by atoms with E-state index in [2.05, 4.69) is 20.4 Å². The Morgan fingerprint density at radius 3 is 2.71 bits per heavy atom. The SMILES string of the molecule is O=C(Nc1ccccc1)C1CCCN(c2nnc(Cc3ccc(F)cc3)s2)C1. The Morgan fingerprint density at radius 1 is 1.14 bits per heavy atom. The Bertz CT molecular complexity index is 929. The van der Waals surface area contributed by atoms with E-state index in [0.717, 1.165) is 40.8 Å². The molecule has 1 unspecified atom stereocenters. The van der Waals surface area contributed by atoms with Crippen molar-refractivity contribution in [2.45, 2.75) is 19.3 Å². The molecule has 1 amide bonds. The molecule has 5 nitrogen and oxygen atoms in total. The van der Waals surface area contributed by atoms with Crippen molar-refractivity contribution in [1.82, 2.24) is 10.2 Å². The molecule has 1 fully saturated rings. The molecule has 1 N–H and O–H groups in total. The van der Waals surface area contributed by atoms with Crippen LogP contribution < -0.4 is 10.2 Å². The van der Waals surface area contributed by atoms with Gasteiger partial charge in [-0.15, -0.1) is 10.2 Å². The van der Waals surface area contributed by atoms with Crippen LogP contribution in [0.15, 0.2) is 54.6 Å². The Morgan fingerprint density at radius 2 is 1.93 bits per heavy atom. The van der Waals surface area contributed by atoms with E-state index in [9.17, 15) is 9.18 Å². The zero-order valence-corrected chi connectivity index (χ0v) is 16.2. The lowest BCUT2D eigenvalue weighted by molar-refractivity contribution is -0.120. The van der Waals surface area contributed by atoms with Crippen molar-refractivity contribution in [3.05, 3.63) is 71.0 Å². The summed E-state index contributed by atoms with van der Waals surface area (Å²) < 4.78 is 13.0. The van der Waals surface area contributed by atoms with Crippen molar-refractivity contribution in [2.75, 3.05) is 23.3 Å². The Balaban J connectivity index is 1.38. The number of halogens is 1. The maximum absolute atomic E-state index is 13.0. The standard InChI is InChI=1S/C21H21FN4OS/c22-17-10-8-15(9-11-17)13-19-24-25-21(28-19)26-12-4-5-16(14-26)20(27)23-18-6-2-1-3-7-18/h1-3,6-11,16H,4-5,12-14H2,(H,23,27). The van der Waals surface area contributed by atoms with Gasteiger partial charge in [-0.2, -0.15) is 0 Å². The molecule has 0 bridgehead atoms. The maximum atomic E-state index is 13.0. The molecule has 0 radical (unpaired) electrons. The van der Waals surface area contributed by atoms with Crippen molar-refractivity contribution in [2.24, 2.45) is 5.92 Å². The Labute approximate surface area is 167 Å². The van der Waals surface area contributed by atoms with Gasteiger partial charge in [0.05, 0.1) is 5.92 Å². The molecule has 1 aromatic heterocycles. The number of hydrogen-bond donors (Lipinski definition) is 1. The van der Waals surface area contributed by atoms with E-state index < -0.39 is 0 Å². The minimum absolute atomic E-state index is 0.0481. The summed E-state index contributed by atoms with van der Waals surface area (Å²) in [6, 6.07) is 16.0. The van der Waals surface area contributed by atoms with E-state index in [-0.39, 0.29) is 17.6 Å². The fourth-order valence-electron chi connectivity index (χ4n) is 3.35. The van der Waals surface area contributed by atoms with E-state index in [4.69, 9.17) is 0 Å². The fourth-order valence-corrected chi connectivity index (χ4v) is 4.26. The molecule has 28 heavy (non-hydrogen) atoms. The number of aromatic nitrogens is 2. The van der Waals surface area contributed by atoms with E-state index in [1.165, 1.54) is 23.5 Å². The minimum Gasteiger partial charge on any atom is -0.346 e. The highest BCUT2D eigenvalue weighted by Gasteiger charge is 2.27. The zero-order valence-electron chi connectivity index (χ0n) is 15.3. The average molecular weight is 396 g/mol. The summed E-state index contributed by atoms with van der Waals surface area (Å²) in [5.41, 5.74) is 1.82. The van der Waals surface area contributed by atoms with Crippen LogP contribution in [0.4, 0.5) is 15.2 Å². The highest BCUT2D eigenvalue weighted by Crippen LogP contribution is 2.28. The van der Waals surface area contributed by atoms with Crippen LogP contribution in [0.5, 0.6) is 0 Å². The first-order valence-corrected chi connectivity index (χ1v) is 10.2. The molecule has 1 atom stereocenters. The number of para-hydroxylation sites is 1. The van der Waals surface area contributed by atoms with Crippen LogP contribution in [-0.2, 0) is 11.2 Å². The van der Waals surface area contributed by atoms with Gasteiger partial charge in [0.2, 0.25) is 11.0 Å². The average Bonchev–Trinajstić information content (AvgIpc) is 3.19. The predicted octanol–water partition coefficient (Wildman–Crippen LogP) is 4.12. The normalized spacial score (nSPS) is 16.8. The number of benzene rings is 2. The molecule has 1 aliphatic rings. The lowest BCUT2D eigenvalue weighted by atomic mass is 9.97. The highest BCUT2D eigenvalue weighted by molar-refractivity contribution is 7.15. The van der Waals surface area contributed by atoms with Crippen LogP contribution in [0.1, 0.15) is 23.4 Å². The van der Waals surface area contributed by atoms with Crippen molar-refractivity contribution in [1.29, 1.82) is 0 Å². The molecule has 144 valence electrons. The predicted molar refractivity (Wildman–Crippen MR) is 109 cm³/mol. The van der Waals surface area contributed by atoms with Crippen LogP contribution in [0.2, 0.25) is 0 Å². The second-order valence-electron chi connectivity index (χ2n) is 6.92. The van der Waals surface area contributed by atoms with Crippen LogP contribution in [-0.4, -0.2) is 29.2 Å². The minimum atomic E-state index is -0.241. The highest BCUT2D eigenvalue weighted by atomic mass is 32.1. The topological polar surface area (TPSA) is 58.1 Å². The van der Waals surface area contributed by atoms with Crippen LogP contribution in [0, 0.1) is 11.7 Å². The van der Waals surface area contributed by atoms with Gasteiger partial charge >= 0.3 is 0 Å². The molecular weight excluding hydrogens is 375 g/mol. The largest absolute Gasteiger partial charge is 0.346 e. The van der Waals surface area contributed by atoms with Crippen LogP contribution in [0.3, 0.4) is 0 Å². The Hall–Kier alpha value is -2.80. The number of nitrogens with zero attached hydrogens (tertiary/aromatic N) is 3. The first-order chi connectivity index (χ1) is 13.7. The number of piperidine rings is 1. The number of nitrogens with one attached hydrogen (secondary N) is 1. The van der Waals surface area contributed by atoms with Gasteiger partial charge in [-0.3, -0.25) is 4.79 Å². The van der Waals surface area contributed by atoms with Crippen LogP contribution >= 0.6 is 11.3 Å². The molecule has 2 aromatic carbocycles. The number of hydrogen-bond acceptors (Lipinski definition) is 5. The molecule has 7 heteroatoms. The third-order valence-electron chi connectivity index (χ3n) is 4.83. The third kappa shape index (κ3) is 4.54. The summed E-state index contributed by atoms with van der Waals surface area (Å²) in [7, 11) is 0. The van der Waals surface area contributed by atoms with Gasteiger partial charge in [0.1, 0.15) is 10.8 Å². The Kier molecular flexibility index (Phi) is 5.62. The number of rotatable bonds is 5. The molecule has 4 rings (SSSR count). The van der Waals surface area contributed by atoms with Gasteiger partial charge < -0.3 is 10.2 Å². The van der Waals surface area contributed by atoms with Gasteiger partial charge in [-0.25, -0.2) is 4.39 Å². The fraction of sp³-hybridized carbons (Fsp3) is 0.286. The molecule has 1 aliphatic heterocycles. The molecule has 0 saturated carbocycles. The van der Waals surface area contributed by atoms with Gasteiger partial charge in [-0.1, -0.05) is 41.7 Å². The quantitative estimate of drug-likeness (QED) is 0.705. The third-order valence-corrected chi connectivity index (χ3v) is 5.81. The zero-order chi connectivity index (χ0) is 19.3. The van der Waals surface area contributed by atoms with E-state index in [0.29, 0.717) is 13.0 Å². The summed E-state index contributed by atoms with van der Waals surface area (Å²) in [6.07, 6.45) is 2.44. The molecule has 3 aromatic rings. The first kappa shape index (κ1) is 18.6. The molecule has 0 spiro atoms. The molecule has 0 aliphatic carbocycles. The maximum Gasteiger partial charge on any atom is 0.229 e. The number of anilines is 2. The molecule has 1 saturated heterocycles. The summed E-state index contributed by atoms with van der Waals surface area (Å²) >= 11 is 1.53. The second-order valence-corrected chi connectivity index (χ2v) is 7.96. The van der Waals surface area contributed by atoms with Gasteiger partial charge in [-0.05, 0) is 42.7 Å². The summed E-state index contributed by atoms with van der Waals surface area (Å²) in [5.74, 6) is -0.264. The van der Waals surface area contributed by atoms with Crippen molar-refractivity contribution < 1.29 is 9.18 Å². The summed E-state index contributed by atoms with van der Waals surface area (Å²) in [5, 5.41) is 13.3. The number of amides is 1. The van der Waals surface area contributed by atoms with E-state index >= 15 is 0 Å². The summed E-state index contributed by atoms with van der Waals surface area (Å²) in [6.45, 7) is 1.52.